The van der Waals surface area contributed by atoms with Crippen LogP contribution in [-0.4, -0.2) is 23.0 Å². The molecule has 22 heavy (non-hydrogen) atoms. The monoisotopic (exact) mass is 318 g/mol. The van der Waals surface area contributed by atoms with E-state index in [2.05, 4.69) is 14.7 Å². The number of nitrogens with zero attached hydrogens (tertiary/aromatic N) is 3. The molecular weight excluding hydrogens is 307 g/mol. The fraction of sp³-hybridized carbons (Fsp3) is 0.143. The van der Waals surface area contributed by atoms with Gasteiger partial charge in [0.05, 0.1) is 18.9 Å². The molecule has 0 saturated heterocycles. The second-order valence-corrected chi connectivity index (χ2v) is 5.09. The smallest absolute Gasteiger partial charge is 0.338 e. The van der Waals surface area contributed by atoms with Gasteiger partial charge in [-0.25, -0.2) is 19.2 Å². The number of esters is 1. The summed E-state index contributed by atoms with van der Waals surface area (Å²) < 4.78 is 17.9. The Morgan fingerprint density at radius 1 is 1.55 bits per heavy atom. The maximum atomic E-state index is 13.3. The van der Waals surface area contributed by atoms with Crippen molar-refractivity contribution in [3.05, 3.63) is 46.9 Å². The third kappa shape index (κ3) is 3.51. The molecule has 0 bridgehead atoms. The number of anilines is 1. The van der Waals surface area contributed by atoms with E-state index in [-0.39, 0.29) is 16.9 Å². The quantitative estimate of drug-likeness (QED) is 0.523. The Kier molecular flexibility index (Phi) is 4.91. The van der Waals surface area contributed by atoms with E-state index in [0.29, 0.717) is 16.5 Å². The maximum Gasteiger partial charge on any atom is 0.338 e. The van der Waals surface area contributed by atoms with Crippen molar-refractivity contribution in [1.82, 2.24) is 9.97 Å². The van der Waals surface area contributed by atoms with Crippen molar-refractivity contribution >= 4 is 23.5 Å². The molecule has 0 aliphatic carbocycles. The standard InChI is InChI=1S/C14H11FN4O2S/c1-21-13(20)11-4-10(15)3-2-8(11)7-22-14-18-6-9(5-16)12(17)19-14/h2-4,6H,7H2,1H3,(H2,17,18,19). The largest absolute Gasteiger partial charge is 0.465 e. The molecule has 2 aromatic rings. The summed E-state index contributed by atoms with van der Waals surface area (Å²) in [4.78, 5) is 19.6. The van der Waals surface area contributed by atoms with Gasteiger partial charge in [0.25, 0.3) is 0 Å². The minimum atomic E-state index is -0.615. The van der Waals surface area contributed by atoms with Crippen molar-refractivity contribution in [1.29, 1.82) is 5.26 Å². The van der Waals surface area contributed by atoms with E-state index in [1.54, 1.807) is 0 Å². The van der Waals surface area contributed by atoms with Crippen molar-refractivity contribution < 1.29 is 13.9 Å². The lowest BCUT2D eigenvalue weighted by Crippen LogP contribution is -2.06. The number of hydrogen-bond acceptors (Lipinski definition) is 7. The van der Waals surface area contributed by atoms with Crippen molar-refractivity contribution in [2.45, 2.75) is 10.9 Å². The molecule has 0 spiro atoms. The Morgan fingerprint density at radius 2 is 2.32 bits per heavy atom. The molecule has 112 valence electrons. The van der Waals surface area contributed by atoms with Gasteiger partial charge in [0.1, 0.15) is 23.3 Å². The highest BCUT2D eigenvalue weighted by atomic mass is 32.2. The number of ether oxygens (including phenoxy) is 1. The number of nitrogen functional groups attached to an aromatic ring is 1. The molecule has 0 amide bonds. The molecule has 1 heterocycles. The molecule has 0 aliphatic heterocycles. The van der Waals surface area contributed by atoms with Crippen LogP contribution in [0.25, 0.3) is 0 Å². The molecule has 0 unspecified atom stereocenters. The lowest BCUT2D eigenvalue weighted by molar-refractivity contribution is 0.0599. The molecule has 2 N–H and O–H groups in total. The average molecular weight is 318 g/mol. The molecular formula is C14H11FN4O2S. The van der Waals surface area contributed by atoms with Gasteiger partial charge in [-0.3, -0.25) is 0 Å². The lowest BCUT2D eigenvalue weighted by Gasteiger charge is -2.07. The minimum Gasteiger partial charge on any atom is -0.465 e. The predicted octanol–water partition coefficient (Wildman–Crippen LogP) is 2.15. The zero-order valence-corrected chi connectivity index (χ0v) is 12.4. The number of aromatic nitrogens is 2. The summed E-state index contributed by atoms with van der Waals surface area (Å²) in [5.41, 5.74) is 6.54. The first-order valence-electron chi connectivity index (χ1n) is 6.07. The van der Waals surface area contributed by atoms with E-state index in [1.807, 2.05) is 6.07 Å². The van der Waals surface area contributed by atoms with Crippen LogP contribution in [0.4, 0.5) is 10.2 Å². The number of nitrogens with two attached hydrogens (primary N) is 1. The van der Waals surface area contributed by atoms with Gasteiger partial charge >= 0.3 is 5.97 Å². The summed E-state index contributed by atoms with van der Waals surface area (Å²) in [5, 5.41) is 9.12. The van der Waals surface area contributed by atoms with E-state index >= 15 is 0 Å². The fourth-order valence-corrected chi connectivity index (χ4v) is 2.48. The Balaban J connectivity index is 2.20. The maximum absolute atomic E-state index is 13.3. The number of methoxy groups -OCH3 is 1. The molecule has 1 aromatic heterocycles. The van der Waals surface area contributed by atoms with E-state index in [9.17, 15) is 9.18 Å². The van der Waals surface area contributed by atoms with Crippen LogP contribution in [0.3, 0.4) is 0 Å². The molecule has 0 fully saturated rings. The highest BCUT2D eigenvalue weighted by molar-refractivity contribution is 7.98. The van der Waals surface area contributed by atoms with Crippen LogP contribution in [0.1, 0.15) is 21.5 Å². The van der Waals surface area contributed by atoms with E-state index in [1.165, 1.54) is 37.2 Å². The van der Waals surface area contributed by atoms with Crippen LogP contribution in [-0.2, 0) is 10.5 Å². The van der Waals surface area contributed by atoms with Crippen LogP contribution >= 0.6 is 11.8 Å². The van der Waals surface area contributed by atoms with Crippen LogP contribution in [0.15, 0.2) is 29.6 Å². The number of carbonyl (C=O) groups is 1. The fourth-order valence-electron chi connectivity index (χ4n) is 1.65. The van der Waals surface area contributed by atoms with Crippen LogP contribution in [0.2, 0.25) is 0 Å². The first-order valence-corrected chi connectivity index (χ1v) is 7.06. The Morgan fingerprint density at radius 3 is 2.95 bits per heavy atom. The second kappa shape index (κ2) is 6.87. The molecule has 6 nitrogen and oxygen atoms in total. The molecule has 2 rings (SSSR count). The molecule has 0 saturated carbocycles. The number of rotatable bonds is 4. The topological polar surface area (TPSA) is 102 Å². The number of nitriles is 1. The Hall–Kier alpha value is -2.66. The average Bonchev–Trinajstić information content (AvgIpc) is 2.53. The van der Waals surface area contributed by atoms with Gasteiger partial charge in [0.15, 0.2) is 5.16 Å². The summed E-state index contributed by atoms with van der Waals surface area (Å²) in [6, 6.07) is 5.75. The highest BCUT2D eigenvalue weighted by Crippen LogP contribution is 2.24. The number of carbonyl (C=O) groups excluding carboxylic acids is 1. The normalized spacial score (nSPS) is 10.0. The molecule has 0 atom stereocenters. The van der Waals surface area contributed by atoms with Crippen LogP contribution in [0.5, 0.6) is 0 Å². The molecule has 0 radical (unpaired) electrons. The minimum absolute atomic E-state index is 0.0901. The summed E-state index contributed by atoms with van der Waals surface area (Å²) in [6.07, 6.45) is 1.33. The van der Waals surface area contributed by atoms with Crippen molar-refractivity contribution in [2.75, 3.05) is 12.8 Å². The number of benzene rings is 1. The van der Waals surface area contributed by atoms with Gasteiger partial charge in [-0.1, -0.05) is 17.8 Å². The Bertz CT molecular complexity index is 761. The third-order valence-corrected chi connectivity index (χ3v) is 3.66. The number of thioether (sulfide) groups is 1. The SMILES string of the molecule is COC(=O)c1cc(F)ccc1CSc1ncc(C#N)c(N)n1. The molecule has 8 heteroatoms. The van der Waals surface area contributed by atoms with Gasteiger partial charge in [0.2, 0.25) is 0 Å². The zero-order valence-electron chi connectivity index (χ0n) is 11.5. The van der Waals surface area contributed by atoms with Gasteiger partial charge in [-0.15, -0.1) is 0 Å². The zero-order chi connectivity index (χ0) is 16.1. The second-order valence-electron chi connectivity index (χ2n) is 4.15. The first kappa shape index (κ1) is 15.7. The van der Waals surface area contributed by atoms with Gasteiger partial charge in [-0.05, 0) is 17.7 Å². The van der Waals surface area contributed by atoms with Gasteiger partial charge in [-0.2, -0.15) is 5.26 Å². The number of hydrogen-bond donors (Lipinski definition) is 1. The summed E-state index contributed by atoms with van der Waals surface area (Å²) in [7, 11) is 1.23. The Labute approximate surface area is 130 Å². The highest BCUT2D eigenvalue weighted by Gasteiger charge is 2.14. The summed E-state index contributed by atoms with van der Waals surface area (Å²) in [5.74, 6) is -0.716. The van der Waals surface area contributed by atoms with Crippen molar-refractivity contribution in [3.63, 3.8) is 0 Å². The van der Waals surface area contributed by atoms with E-state index in [0.717, 1.165) is 6.07 Å². The van der Waals surface area contributed by atoms with Crippen LogP contribution in [0, 0.1) is 17.1 Å². The molecule has 0 aliphatic rings. The van der Waals surface area contributed by atoms with Crippen molar-refractivity contribution in [2.24, 2.45) is 0 Å². The predicted molar refractivity (Wildman–Crippen MR) is 78.5 cm³/mol. The summed E-state index contributed by atoms with van der Waals surface area (Å²) in [6.45, 7) is 0. The lowest BCUT2D eigenvalue weighted by atomic mass is 10.1. The molecule has 1 aromatic carbocycles. The van der Waals surface area contributed by atoms with Gasteiger partial charge in [0, 0.05) is 5.75 Å². The first-order chi connectivity index (χ1) is 10.5. The van der Waals surface area contributed by atoms with E-state index < -0.39 is 11.8 Å². The number of halogens is 1. The van der Waals surface area contributed by atoms with Crippen molar-refractivity contribution in [3.8, 4) is 6.07 Å². The third-order valence-electron chi connectivity index (χ3n) is 2.75. The summed E-state index contributed by atoms with van der Waals surface area (Å²) >= 11 is 1.21. The van der Waals surface area contributed by atoms with Crippen LogP contribution < -0.4 is 5.73 Å². The van der Waals surface area contributed by atoms with E-state index in [4.69, 9.17) is 11.0 Å². The van der Waals surface area contributed by atoms with Gasteiger partial charge < -0.3 is 10.5 Å².